The summed E-state index contributed by atoms with van der Waals surface area (Å²) in [6.07, 6.45) is 0. The van der Waals surface area contributed by atoms with E-state index in [2.05, 4.69) is 20.3 Å². The number of guanidine groups is 1. The van der Waals surface area contributed by atoms with E-state index in [1.807, 2.05) is 20.8 Å². The second kappa shape index (κ2) is 8.64. The Labute approximate surface area is 157 Å². The molecule has 9 heteroatoms. The van der Waals surface area contributed by atoms with Crippen LogP contribution in [0.5, 0.6) is 0 Å². The Kier molecular flexibility index (Phi) is 7.14. The number of rotatable bonds is 4. The predicted octanol–water partition coefficient (Wildman–Crippen LogP) is 2.50. The van der Waals surface area contributed by atoms with E-state index in [1.54, 1.807) is 12.1 Å². The van der Waals surface area contributed by atoms with Crippen molar-refractivity contribution in [1.82, 2.24) is 9.97 Å². The number of nitrogens with two attached hydrogens (primary N) is 2. The van der Waals surface area contributed by atoms with Crippen molar-refractivity contribution in [2.24, 2.45) is 16.5 Å². The fourth-order valence-electron chi connectivity index (χ4n) is 2.08. The highest BCUT2D eigenvalue weighted by Gasteiger charge is 2.10. The van der Waals surface area contributed by atoms with Gasteiger partial charge in [0.15, 0.2) is 5.96 Å². The van der Waals surface area contributed by atoms with Gasteiger partial charge in [0, 0.05) is 5.56 Å². The molecule has 1 heterocycles. The molecule has 0 radical (unpaired) electrons. The minimum absolute atomic E-state index is 0. The van der Waals surface area contributed by atoms with E-state index in [4.69, 9.17) is 23.1 Å². The van der Waals surface area contributed by atoms with Crippen LogP contribution in [-0.4, -0.2) is 21.8 Å². The summed E-state index contributed by atoms with van der Waals surface area (Å²) < 4.78 is 0. The van der Waals surface area contributed by atoms with Crippen molar-refractivity contribution in [2.75, 3.05) is 5.32 Å². The molecule has 134 valence electrons. The summed E-state index contributed by atoms with van der Waals surface area (Å²) in [6.45, 7) is 6.23. The number of anilines is 1. The van der Waals surface area contributed by atoms with Crippen molar-refractivity contribution in [2.45, 2.75) is 27.3 Å². The Morgan fingerprint density at radius 1 is 1.16 bits per heavy atom. The maximum absolute atomic E-state index is 11.8. The summed E-state index contributed by atoms with van der Waals surface area (Å²) >= 11 is 6.21. The molecule has 0 aliphatic heterocycles. The van der Waals surface area contributed by atoms with E-state index in [0.29, 0.717) is 22.8 Å². The molecule has 0 saturated carbocycles. The molecule has 1 aromatic heterocycles. The maximum atomic E-state index is 11.8. The summed E-state index contributed by atoms with van der Waals surface area (Å²) in [5.41, 5.74) is 14.9. The summed E-state index contributed by atoms with van der Waals surface area (Å²) in [4.78, 5) is 24.2. The Balaban J connectivity index is 0.00000312. The molecular formula is C16H20Cl2N6O. The van der Waals surface area contributed by atoms with Gasteiger partial charge in [-0.1, -0.05) is 11.6 Å². The van der Waals surface area contributed by atoms with Gasteiger partial charge in [-0.25, -0.2) is 0 Å². The number of hydrogen-bond acceptors (Lipinski definition) is 4. The fourth-order valence-corrected chi connectivity index (χ4v) is 2.33. The lowest BCUT2D eigenvalue weighted by molar-refractivity contribution is 0.100. The van der Waals surface area contributed by atoms with Gasteiger partial charge in [0.25, 0.3) is 5.91 Å². The molecule has 1 aromatic carbocycles. The molecule has 0 unspecified atom stereocenters. The number of carbonyl (C=O) groups excluding carboxylic acids is 1. The van der Waals surface area contributed by atoms with Gasteiger partial charge in [0.05, 0.1) is 40.0 Å². The number of aromatic nitrogens is 2. The van der Waals surface area contributed by atoms with Crippen LogP contribution in [0.4, 0.5) is 5.69 Å². The lowest BCUT2D eigenvalue weighted by atomic mass is 10.2. The fraction of sp³-hybridized carbons (Fsp3) is 0.250. The normalized spacial score (nSPS) is 9.92. The van der Waals surface area contributed by atoms with Gasteiger partial charge >= 0.3 is 0 Å². The van der Waals surface area contributed by atoms with Crippen LogP contribution < -0.4 is 16.8 Å². The standard InChI is InChI=1S/C16H19ClN6O.ClH/c1-8-9(2)22-14(10(3)21-8)7-20-13-5-4-11(6-12(13)17)15(24)23-16(18)19;/h4-6,20H,7H2,1-3H3,(H4,18,19,23,24);1H. The lowest BCUT2D eigenvalue weighted by Gasteiger charge is -2.11. The number of hydrogen-bond donors (Lipinski definition) is 3. The number of aryl methyl sites for hydroxylation is 3. The number of amides is 1. The number of halogens is 2. The zero-order valence-corrected chi connectivity index (χ0v) is 15.7. The second-order valence-electron chi connectivity index (χ2n) is 5.32. The lowest BCUT2D eigenvalue weighted by Crippen LogP contribution is -2.24. The Hall–Kier alpha value is -2.38. The van der Waals surface area contributed by atoms with Crippen LogP contribution in [0, 0.1) is 20.8 Å². The van der Waals surface area contributed by atoms with E-state index >= 15 is 0 Å². The molecule has 0 bridgehead atoms. The van der Waals surface area contributed by atoms with Crippen LogP contribution >= 0.6 is 24.0 Å². The van der Waals surface area contributed by atoms with E-state index in [-0.39, 0.29) is 18.4 Å². The topological polar surface area (TPSA) is 119 Å². The molecule has 0 saturated heterocycles. The molecule has 1 amide bonds. The highest BCUT2D eigenvalue weighted by molar-refractivity contribution is 6.33. The van der Waals surface area contributed by atoms with Crippen molar-refractivity contribution < 1.29 is 4.79 Å². The number of nitrogens with zero attached hydrogens (tertiary/aromatic N) is 3. The average molecular weight is 383 g/mol. The molecule has 2 aromatic rings. The van der Waals surface area contributed by atoms with Crippen molar-refractivity contribution in [3.05, 3.63) is 51.6 Å². The van der Waals surface area contributed by atoms with Crippen LogP contribution in [0.1, 0.15) is 33.1 Å². The molecule has 7 nitrogen and oxygen atoms in total. The monoisotopic (exact) mass is 382 g/mol. The number of carbonyl (C=O) groups is 1. The van der Waals surface area contributed by atoms with Crippen molar-refractivity contribution in [3.63, 3.8) is 0 Å². The molecule has 0 atom stereocenters. The zero-order valence-electron chi connectivity index (χ0n) is 14.1. The van der Waals surface area contributed by atoms with Crippen LogP contribution in [0.25, 0.3) is 0 Å². The highest BCUT2D eigenvalue weighted by atomic mass is 35.5. The summed E-state index contributed by atoms with van der Waals surface area (Å²) in [6, 6.07) is 4.81. The van der Waals surface area contributed by atoms with Gasteiger partial charge in [-0.15, -0.1) is 12.4 Å². The van der Waals surface area contributed by atoms with Crippen LogP contribution in [0.15, 0.2) is 23.2 Å². The number of benzene rings is 1. The van der Waals surface area contributed by atoms with Crippen LogP contribution in [-0.2, 0) is 6.54 Å². The molecule has 0 fully saturated rings. The Morgan fingerprint density at radius 3 is 2.40 bits per heavy atom. The Bertz CT molecular complexity index is 819. The molecule has 5 N–H and O–H groups in total. The first-order chi connectivity index (χ1) is 11.3. The van der Waals surface area contributed by atoms with Gasteiger partial charge in [-0.2, -0.15) is 4.99 Å². The molecule has 0 spiro atoms. The van der Waals surface area contributed by atoms with E-state index < -0.39 is 5.91 Å². The summed E-state index contributed by atoms with van der Waals surface area (Å²) in [7, 11) is 0. The van der Waals surface area contributed by atoms with Crippen LogP contribution in [0.2, 0.25) is 5.02 Å². The summed E-state index contributed by atoms with van der Waals surface area (Å²) in [5, 5.41) is 3.58. The molecule has 25 heavy (non-hydrogen) atoms. The van der Waals surface area contributed by atoms with Gasteiger partial charge in [0.1, 0.15) is 0 Å². The number of aliphatic imine (C=N–C) groups is 1. The molecule has 2 rings (SSSR count). The minimum atomic E-state index is -0.542. The summed E-state index contributed by atoms with van der Waals surface area (Å²) in [5.74, 6) is -0.832. The smallest absolute Gasteiger partial charge is 0.280 e. The molecule has 0 aliphatic rings. The first-order valence-corrected chi connectivity index (χ1v) is 7.64. The van der Waals surface area contributed by atoms with Crippen molar-refractivity contribution in [1.29, 1.82) is 0 Å². The first kappa shape index (κ1) is 20.7. The molecule has 0 aliphatic carbocycles. The first-order valence-electron chi connectivity index (χ1n) is 7.26. The third kappa shape index (κ3) is 5.30. The largest absolute Gasteiger partial charge is 0.378 e. The van der Waals surface area contributed by atoms with Gasteiger partial charge < -0.3 is 16.8 Å². The third-order valence-corrected chi connectivity index (χ3v) is 3.78. The quantitative estimate of drug-likeness (QED) is 0.551. The minimum Gasteiger partial charge on any atom is -0.378 e. The predicted molar refractivity (Wildman–Crippen MR) is 102 cm³/mol. The second-order valence-corrected chi connectivity index (χ2v) is 5.72. The van der Waals surface area contributed by atoms with E-state index in [1.165, 1.54) is 6.07 Å². The van der Waals surface area contributed by atoms with E-state index in [9.17, 15) is 4.79 Å². The number of nitrogens with one attached hydrogen (secondary N) is 1. The zero-order chi connectivity index (χ0) is 17.9. The van der Waals surface area contributed by atoms with Crippen molar-refractivity contribution >= 4 is 41.6 Å². The van der Waals surface area contributed by atoms with Gasteiger partial charge in [-0.3, -0.25) is 14.8 Å². The Morgan fingerprint density at radius 2 is 1.80 bits per heavy atom. The van der Waals surface area contributed by atoms with E-state index in [0.717, 1.165) is 22.8 Å². The highest BCUT2D eigenvalue weighted by Crippen LogP contribution is 2.24. The third-order valence-electron chi connectivity index (χ3n) is 3.47. The molecular weight excluding hydrogens is 363 g/mol. The van der Waals surface area contributed by atoms with Gasteiger partial charge in [-0.05, 0) is 39.0 Å². The van der Waals surface area contributed by atoms with Crippen molar-refractivity contribution in [3.8, 4) is 0 Å². The SMILES string of the molecule is Cc1nc(C)c(CNc2ccc(C(=O)N=C(N)N)cc2Cl)nc1C.Cl. The maximum Gasteiger partial charge on any atom is 0.280 e. The van der Waals surface area contributed by atoms with Crippen LogP contribution in [0.3, 0.4) is 0 Å². The average Bonchev–Trinajstić information content (AvgIpc) is 2.49. The van der Waals surface area contributed by atoms with Gasteiger partial charge in [0.2, 0.25) is 0 Å².